The molecule has 170 valence electrons. The van der Waals surface area contributed by atoms with Crippen LogP contribution in [0.15, 0.2) is 0 Å². The third kappa shape index (κ3) is 5.77. The fraction of sp³-hybridized carbons (Fsp3) is 0.962. The fourth-order valence-electron chi connectivity index (χ4n) is 6.50. The summed E-state index contributed by atoms with van der Waals surface area (Å²) in [6.07, 6.45) is 10.2. The Morgan fingerprint density at radius 1 is 0.897 bits per heavy atom. The molecule has 0 saturated heterocycles. The standard InChI is InChI=1S/C26H48O3/c1-9-17(3)22-15-20(11-13-24(22)28-8)26(6,7)21-12-14-25(29-19(5)27)23(16-21)18(4)10-2/h17-18,20-25H,9-16H2,1-8H3. The zero-order valence-electron chi connectivity index (χ0n) is 20.5. The Morgan fingerprint density at radius 2 is 1.34 bits per heavy atom. The van der Waals surface area contributed by atoms with Gasteiger partial charge in [-0.1, -0.05) is 54.4 Å². The van der Waals surface area contributed by atoms with Gasteiger partial charge in [0, 0.05) is 14.0 Å². The van der Waals surface area contributed by atoms with E-state index in [0.29, 0.717) is 29.3 Å². The van der Waals surface area contributed by atoms with Crippen LogP contribution in [0.1, 0.15) is 99.8 Å². The van der Waals surface area contributed by atoms with Crippen molar-refractivity contribution in [1.82, 2.24) is 0 Å². The molecular formula is C26H48O3. The van der Waals surface area contributed by atoms with E-state index >= 15 is 0 Å². The van der Waals surface area contributed by atoms with Gasteiger partial charge in [-0.3, -0.25) is 4.79 Å². The third-order valence-corrected chi connectivity index (χ3v) is 9.14. The van der Waals surface area contributed by atoms with Crippen molar-refractivity contribution in [2.75, 3.05) is 7.11 Å². The lowest BCUT2D eigenvalue weighted by atomic mass is 9.56. The maximum absolute atomic E-state index is 11.6. The zero-order chi connectivity index (χ0) is 21.8. The Labute approximate surface area is 180 Å². The largest absolute Gasteiger partial charge is 0.462 e. The minimum absolute atomic E-state index is 0.115. The highest BCUT2D eigenvalue weighted by Crippen LogP contribution is 2.53. The monoisotopic (exact) mass is 408 g/mol. The zero-order valence-corrected chi connectivity index (χ0v) is 20.5. The molecule has 0 spiro atoms. The number of methoxy groups -OCH3 is 1. The van der Waals surface area contributed by atoms with Crippen molar-refractivity contribution in [2.45, 2.75) is 112 Å². The molecule has 0 amide bonds. The van der Waals surface area contributed by atoms with Gasteiger partial charge in [0.15, 0.2) is 0 Å². The molecule has 2 aliphatic carbocycles. The Hall–Kier alpha value is -0.570. The van der Waals surface area contributed by atoms with Gasteiger partial charge in [0.1, 0.15) is 6.10 Å². The van der Waals surface area contributed by atoms with Gasteiger partial charge in [-0.2, -0.15) is 0 Å². The van der Waals surface area contributed by atoms with Crippen LogP contribution in [-0.2, 0) is 14.3 Å². The molecule has 2 rings (SSSR count). The van der Waals surface area contributed by atoms with Crippen LogP contribution >= 0.6 is 0 Å². The van der Waals surface area contributed by atoms with E-state index in [1.54, 1.807) is 6.92 Å². The van der Waals surface area contributed by atoms with Gasteiger partial charge in [0.05, 0.1) is 6.10 Å². The lowest BCUT2D eigenvalue weighted by Gasteiger charge is -2.51. The van der Waals surface area contributed by atoms with Crippen molar-refractivity contribution in [2.24, 2.45) is 40.9 Å². The predicted molar refractivity (Wildman–Crippen MR) is 121 cm³/mol. The molecule has 8 atom stereocenters. The summed E-state index contributed by atoms with van der Waals surface area (Å²) in [4.78, 5) is 11.6. The van der Waals surface area contributed by atoms with Gasteiger partial charge in [-0.05, 0) is 79.4 Å². The Kier molecular flexibility index (Phi) is 9.06. The lowest BCUT2D eigenvalue weighted by Crippen LogP contribution is -2.46. The van der Waals surface area contributed by atoms with Crippen LogP contribution in [0.3, 0.4) is 0 Å². The molecule has 0 aromatic rings. The summed E-state index contributed by atoms with van der Waals surface area (Å²) < 4.78 is 11.7. The van der Waals surface area contributed by atoms with Crippen molar-refractivity contribution in [3.05, 3.63) is 0 Å². The fourth-order valence-corrected chi connectivity index (χ4v) is 6.50. The minimum Gasteiger partial charge on any atom is -0.462 e. The van der Waals surface area contributed by atoms with E-state index in [0.717, 1.165) is 30.6 Å². The second-order valence-electron chi connectivity index (χ2n) is 10.9. The SMILES string of the molecule is CCC(C)C1CC(C(C)(C)C2CCC(OC(C)=O)C(C(C)CC)C2)CCC1OC. The molecule has 0 aromatic heterocycles. The van der Waals surface area contributed by atoms with Gasteiger partial charge < -0.3 is 9.47 Å². The number of rotatable bonds is 8. The smallest absolute Gasteiger partial charge is 0.302 e. The summed E-state index contributed by atoms with van der Waals surface area (Å²) in [6.45, 7) is 16.0. The molecule has 0 N–H and O–H groups in total. The van der Waals surface area contributed by atoms with E-state index in [1.165, 1.54) is 38.5 Å². The van der Waals surface area contributed by atoms with Crippen LogP contribution in [0.5, 0.6) is 0 Å². The first-order chi connectivity index (χ1) is 13.6. The average Bonchev–Trinajstić information content (AvgIpc) is 2.71. The second kappa shape index (κ2) is 10.6. The highest BCUT2D eigenvalue weighted by atomic mass is 16.5. The number of esters is 1. The quantitative estimate of drug-likeness (QED) is 0.410. The van der Waals surface area contributed by atoms with Crippen LogP contribution < -0.4 is 0 Å². The van der Waals surface area contributed by atoms with Crippen molar-refractivity contribution in [3.63, 3.8) is 0 Å². The number of ether oxygens (including phenoxy) is 2. The average molecular weight is 409 g/mol. The molecule has 29 heavy (non-hydrogen) atoms. The molecule has 0 aliphatic heterocycles. The molecule has 3 heteroatoms. The van der Waals surface area contributed by atoms with Gasteiger partial charge >= 0.3 is 5.97 Å². The minimum atomic E-state index is -0.115. The predicted octanol–water partition coefficient (Wildman–Crippen LogP) is 6.88. The number of carbonyl (C=O) groups is 1. The van der Waals surface area contributed by atoms with Crippen LogP contribution in [0.4, 0.5) is 0 Å². The molecule has 0 aromatic carbocycles. The molecule has 2 aliphatic rings. The summed E-state index contributed by atoms with van der Waals surface area (Å²) in [5, 5.41) is 0. The van der Waals surface area contributed by atoms with E-state index in [1.807, 2.05) is 7.11 Å². The first kappa shape index (κ1) is 24.7. The molecule has 3 nitrogen and oxygen atoms in total. The van der Waals surface area contributed by atoms with Gasteiger partial charge in [0.2, 0.25) is 0 Å². The lowest BCUT2D eigenvalue weighted by molar-refractivity contribution is -0.155. The third-order valence-electron chi connectivity index (χ3n) is 9.14. The van der Waals surface area contributed by atoms with Crippen LogP contribution in [-0.4, -0.2) is 25.3 Å². The summed E-state index contributed by atoms with van der Waals surface area (Å²) in [5.41, 5.74) is 0.331. The molecule has 0 bridgehead atoms. The Morgan fingerprint density at radius 3 is 1.76 bits per heavy atom. The Bertz CT molecular complexity index is 514. The summed E-state index contributed by atoms with van der Waals surface area (Å²) in [6, 6.07) is 0. The highest BCUT2D eigenvalue weighted by molar-refractivity contribution is 5.66. The molecule has 2 fully saturated rings. The highest BCUT2D eigenvalue weighted by Gasteiger charge is 2.46. The number of carbonyl (C=O) groups excluding carboxylic acids is 1. The van der Waals surface area contributed by atoms with E-state index in [9.17, 15) is 4.79 Å². The van der Waals surface area contributed by atoms with Crippen LogP contribution in [0.25, 0.3) is 0 Å². The second-order valence-corrected chi connectivity index (χ2v) is 10.9. The van der Waals surface area contributed by atoms with Crippen molar-refractivity contribution in [1.29, 1.82) is 0 Å². The van der Waals surface area contributed by atoms with Crippen molar-refractivity contribution in [3.8, 4) is 0 Å². The van der Waals surface area contributed by atoms with E-state index in [-0.39, 0.29) is 12.1 Å². The Balaban J connectivity index is 2.14. The number of hydrogen-bond donors (Lipinski definition) is 0. The molecule has 8 unspecified atom stereocenters. The van der Waals surface area contributed by atoms with Gasteiger partial charge in [0.25, 0.3) is 0 Å². The summed E-state index contributed by atoms with van der Waals surface area (Å²) in [7, 11) is 1.90. The van der Waals surface area contributed by atoms with Crippen LogP contribution in [0.2, 0.25) is 0 Å². The maximum Gasteiger partial charge on any atom is 0.302 e. The first-order valence-corrected chi connectivity index (χ1v) is 12.3. The molecule has 0 heterocycles. The van der Waals surface area contributed by atoms with Gasteiger partial charge in [-0.15, -0.1) is 0 Å². The van der Waals surface area contributed by atoms with E-state index in [4.69, 9.17) is 9.47 Å². The normalized spacial score (nSPS) is 35.7. The van der Waals surface area contributed by atoms with Crippen molar-refractivity contribution >= 4 is 5.97 Å². The van der Waals surface area contributed by atoms with Crippen molar-refractivity contribution < 1.29 is 14.3 Å². The van der Waals surface area contributed by atoms with Gasteiger partial charge in [-0.25, -0.2) is 0 Å². The molecule has 0 radical (unpaired) electrons. The topological polar surface area (TPSA) is 35.5 Å². The van der Waals surface area contributed by atoms with Crippen LogP contribution in [0, 0.1) is 40.9 Å². The first-order valence-electron chi connectivity index (χ1n) is 12.3. The van der Waals surface area contributed by atoms with E-state index in [2.05, 4.69) is 41.5 Å². The summed E-state index contributed by atoms with van der Waals surface area (Å²) in [5.74, 6) is 3.89. The molecule has 2 saturated carbocycles. The van der Waals surface area contributed by atoms with E-state index < -0.39 is 0 Å². The number of hydrogen-bond acceptors (Lipinski definition) is 3. The molecular weight excluding hydrogens is 360 g/mol. The summed E-state index contributed by atoms with van der Waals surface area (Å²) >= 11 is 0. The maximum atomic E-state index is 11.6.